The van der Waals surface area contributed by atoms with Gasteiger partial charge in [-0.25, -0.2) is 4.98 Å². The van der Waals surface area contributed by atoms with E-state index < -0.39 is 0 Å². The Morgan fingerprint density at radius 2 is 1.76 bits per heavy atom. The zero-order valence-electron chi connectivity index (χ0n) is 11.5. The third kappa shape index (κ3) is 2.18. The minimum atomic E-state index is 1.07. The van der Waals surface area contributed by atoms with E-state index in [2.05, 4.69) is 83.3 Å². The summed E-state index contributed by atoms with van der Waals surface area (Å²) in [6.45, 7) is 0. The van der Waals surface area contributed by atoms with Crippen LogP contribution in [0.15, 0.2) is 54.6 Å². The van der Waals surface area contributed by atoms with Crippen molar-refractivity contribution in [3.63, 3.8) is 0 Å². The van der Waals surface area contributed by atoms with Crippen molar-refractivity contribution in [2.75, 3.05) is 0 Å². The van der Waals surface area contributed by atoms with Crippen molar-refractivity contribution in [3.05, 3.63) is 69.4 Å². The van der Waals surface area contributed by atoms with E-state index in [9.17, 15) is 0 Å². The molecule has 0 atom stereocenters. The van der Waals surface area contributed by atoms with Gasteiger partial charge in [0.1, 0.15) is 0 Å². The molecule has 0 saturated carbocycles. The Morgan fingerprint density at radius 3 is 2.67 bits per heavy atom. The number of pyridine rings is 1. The lowest BCUT2D eigenvalue weighted by atomic mass is 9.89. The first-order chi connectivity index (χ1) is 10.3. The van der Waals surface area contributed by atoms with Gasteiger partial charge in [-0.2, -0.15) is 0 Å². The Hall–Kier alpha value is -1.68. The predicted molar refractivity (Wildman–Crippen MR) is 97.3 cm³/mol. The molecule has 0 N–H and O–H groups in total. The highest BCUT2D eigenvalue weighted by atomic mass is 127. The molecule has 1 nitrogen and oxygen atoms in total. The largest absolute Gasteiger partial charge is 0.248 e. The molecule has 1 aliphatic rings. The summed E-state index contributed by atoms with van der Waals surface area (Å²) in [5.41, 5.74) is 6.29. The smallest absolute Gasteiger partial charge is 0.0715 e. The summed E-state index contributed by atoms with van der Waals surface area (Å²) in [7, 11) is 0. The molecule has 0 bridgehead atoms. The standard InChI is InChI=1S/C19H14IN/c20-16-10-4-1-7-13(16)19-14-8-2-5-11-17(14)21-18-12-6-3-9-15(18)19/h1-2,4-8,10-12H,3,9H2. The number of fused-ring (bicyclic) bond motifs is 2. The molecule has 0 radical (unpaired) electrons. The van der Waals surface area contributed by atoms with E-state index in [4.69, 9.17) is 4.98 Å². The van der Waals surface area contributed by atoms with Gasteiger partial charge in [0.15, 0.2) is 0 Å². The first-order valence-corrected chi connectivity index (χ1v) is 8.25. The molecule has 0 amide bonds. The summed E-state index contributed by atoms with van der Waals surface area (Å²) in [4.78, 5) is 4.84. The lowest BCUT2D eigenvalue weighted by Gasteiger charge is -2.18. The first kappa shape index (κ1) is 13.0. The molecule has 21 heavy (non-hydrogen) atoms. The first-order valence-electron chi connectivity index (χ1n) is 7.17. The molecule has 3 aromatic rings. The monoisotopic (exact) mass is 383 g/mol. The topological polar surface area (TPSA) is 12.9 Å². The highest BCUT2D eigenvalue weighted by Gasteiger charge is 2.17. The third-order valence-corrected chi connectivity index (χ3v) is 4.95. The van der Waals surface area contributed by atoms with Crippen LogP contribution in [0.1, 0.15) is 17.7 Å². The van der Waals surface area contributed by atoms with Gasteiger partial charge >= 0.3 is 0 Å². The fraction of sp³-hybridized carbons (Fsp3) is 0.105. The molecule has 0 unspecified atom stereocenters. The van der Waals surface area contributed by atoms with Gasteiger partial charge in [0, 0.05) is 8.96 Å². The molecular formula is C19H14IN. The average molecular weight is 383 g/mol. The van der Waals surface area contributed by atoms with Crippen LogP contribution in [0.25, 0.3) is 28.1 Å². The quantitative estimate of drug-likeness (QED) is 0.508. The van der Waals surface area contributed by atoms with E-state index in [1.165, 1.54) is 25.6 Å². The van der Waals surface area contributed by atoms with Crippen molar-refractivity contribution >= 4 is 39.6 Å². The molecule has 2 heteroatoms. The number of hydrogen-bond donors (Lipinski definition) is 0. The second-order valence-corrected chi connectivity index (χ2v) is 6.45. The average Bonchev–Trinajstić information content (AvgIpc) is 2.53. The summed E-state index contributed by atoms with van der Waals surface area (Å²) in [6, 6.07) is 17.1. The normalized spacial score (nSPS) is 13.4. The second kappa shape index (κ2) is 5.26. The SMILES string of the molecule is Ic1ccccc1-c1c2c(nc3ccccc13)C=CCC2. The van der Waals surface area contributed by atoms with Gasteiger partial charge in [0.25, 0.3) is 0 Å². The van der Waals surface area contributed by atoms with Gasteiger partial charge < -0.3 is 0 Å². The summed E-state index contributed by atoms with van der Waals surface area (Å²) >= 11 is 2.43. The molecule has 0 aliphatic heterocycles. The van der Waals surface area contributed by atoms with E-state index in [-0.39, 0.29) is 0 Å². The van der Waals surface area contributed by atoms with Gasteiger partial charge in [-0.3, -0.25) is 0 Å². The Morgan fingerprint density at radius 1 is 0.952 bits per heavy atom. The fourth-order valence-corrected chi connectivity index (χ4v) is 3.71. The minimum Gasteiger partial charge on any atom is -0.248 e. The maximum Gasteiger partial charge on any atom is 0.0715 e. The van der Waals surface area contributed by atoms with Crippen LogP contribution < -0.4 is 0 Å². The number of benzene rings is 2. The number of rotatable bonds is 1. The van der Waals surface area contributed by atoms with E-state index in [1.807, 2.05) is 0 Å². The number of para-hydroxylation sites is 1. The molecule has 0 fully saturated rings. The summed E-state index contributed by atoms with van der Waals surface area (Å²) in [6.07, 6.45) is 6.57. The summed E-state index contributed by atoms with van der Waals surface area (Å²) in [5, 5.41) is 1.26. The minimum absolute atomic E-state index is 1.07. The maximum atomic E-state index is 4.84. The van der Waals surface area contributed by atoms with Crippen LogP contribution in [0.3, 0.4) is 0 Å². The van der Waals surface area contributed by atoms with E-state index >= 15 is 0 Å². The van der Waals surface area contributed by atoms with Crippen molar-refractivity contribution < 1.29 is 0 Å². The molecule has 0 spiro atoms. The van der Waals surface area contributed by atoms with Gasteiger partial charge in [-0.15, -0.1) is 0 Å². The number of halogens is 1. The molecule has 1 heterocycles. The van der Waals surface area contributed by atoms with E-state index in [0.29, 0.717) is 0 Å². The third-order valence-electron chi connectivity index (χ3n) is 4.01. The van der Waals surface area contributed by atoms with Crippen LogP contribution >= 0.6 is 22.6 Å². The Balaban J connectivity index is 2.16. The number of nitrogens with zero attached hydrogens (tertiary/aromatic N) is 1. The van der Waals surface area contributed by atoms with E-state index in [0.717, 1.165) is 24.1 Å². The second-order valence-electron chi connectivity index (χ2n) is 5.29. The van der Waals surface area contributed by atoms with Crippen LogP contribution in [0, 0.1) is 3.57 Å². The maximum absolute atomic E-state index is 4.84. The molecule has 2 aromatic carbocycles. The van der Waals surface area contributed by atoms with Crippen molar-refractivity contribution in [1.29, 1.82) is 0 Å². The summed E-state index contributed by atoms with van der Waals surface area (Å²) < 4.78 is 1.29. The van der Waals surface area contributed by atoms with Crippen LogP contribution in [-0.4, -0.2) is 4.98 Å². The highest BCUT2D eigenvalue weighted by molar-refractivity contribution is 14.1. The van der Waals surface area contributed by atoms with E-state index in [1.54, 1.807) is 0 Å². The van der Waals surface area contributed by atoms with Crippen molar-refractivity contribution in [2.24, 2.45) is 0 Å². The van der Waals surface area contributed by atoms with Gasteiger partial charge in [-0.1, -0.05) is 42.5 Å². The van der Waals surface area contributed by atoms with Gasteiger partial charge in [0.05, 0.1) is 11.2 Å². The van der Waals surface area contributed by atoms with Crippen LogP contribution in [0.5, 0.6) is 0 Å². The zero-order chi connectivity index (χ0) is 14.2. The fourth-order valence-electron chi connectivity index (χ4n) is 3.06. The van der Waals surface area contributed by atoms with Gasteiger partial charge in [0.2, 0.25) is 0 Å². The Bertz CT molecular complexity index is 865. The van der Waals surface area contributed by atoms with Gasteiger partial charge in [-0.05, 0) is 70.3 Å². The number of aromatic nitrogens is 1. The van der Waals surface area contributed by atoms with Crippen LogP contribution in [-0.2, 0) is 6.42 Å². The van der Waals surface area contributed by atoms with Crippen molar-refractivity contribution in [1.82, 2.24) is 4.98 Å². The van der Waals surface area contributed by atoms with Crippen molar-refractivity contribution in [2.45, 2.75) is 12.8 Å². The molecule has 1 aliphatic carbocycles. The molecule has 1 aromatic heterocycles. The van der Waals surface area contributed by atoms with Crippen LogP contribution in [0.2, 0.25) is 0 Å². The Kier molecular flexibility index (Phi) is 3.26. The molecule has 0 saturated heterocycles. The van der Waals surface area contributed by atoms with Crippen LogP contribution in [0.4, 0.5) is 0 Å². The molecule has 4 rings (SSSR count). The summed E-state index contributed by atoms with van der Waals surface area (Å²) in [5.74, 6) is 0. The number of hydrogen-bond acceptors (Lipinski definition) is 1. The molecular weight excluding hydrogens is 369 g/mol. The lowest BCUT2D eigenvalue weighted by Crippen LogP contribution is -2.02. The Labute approximate surface area is 137 Å². The number of allylic oxidation sites excluding steroid dienone is 1. The highest BCUT2D eigenvalue weighted by Crippen LogP contribution is 2.37. The predicted octanol–water partition coefficient (Wildman–Crippen LogP) is 5.47. The lowest BCUT2D eigenvalue weighted by molar-refractivity contribution is 0.974. The zero-order valence-corrected chi connectivity index (χ0v) is 13.7. The van der Waals surface area contributed by atoms with Crippen molar-refractivity contribution in [3.8, 4) is 11.1 Å². The molecule has 102 valence electrons.